The van der Waals surface area contributed by atoms with Gasteiger partial charge in [0.05, 0.1) is 0 Å². The number of rotatable bonds is 2. The molecule has 0 radical (unpaired) electrons. The van der Waals surface area contributed by atoms with Gasteiger partial charge in [-0.05, 0) is 26.3 Å². The zero-order valence-corrected chi connectivity index (χ0v) is 10.6. The van der Waals surface area contributed by atoms with Crippen molar-refractivity contribution in [1.29, 1.82) is 0 Å². The molecule has 86 valence electrons. The van der Waals surface area contributed by atoms with E-state index >= 15 is 0 Å². The first kappa shape index (κ1) is 13.1. The van der Waals surface area contributed by atoms with Gasteiger partial charge in [-0.25, -0.2) is 0 Å². The van der Waals surface area contributed by atoms with Gasteiger partial charge in [-0.15, -0.1) is 11.6 Å². The molecule has 2 heteroatoms. The second-order valence-corrected chi connectivity index (χ2v) is 5.25. The van der Waals surface area contributed by atoms with Gasteiger partial charge in [0.2, 0.25) is 0 Å². The van der Waals surface area contributed by atoms with Crippen molar-refractivity contribution in [3.05, 3.63) is 35.9 Å². The molecule has 1 N–H and O–H groups in total. The van der Waals surface area contributed by atoms with Gasteiger partial charge >= 0.3 is 0 Å². The Morgan fingerprint density at radius 2 is 1.75 bits per heavy atom. The molecule has 0 spiro atoms. The third-order valence-corrected chi connectivity index (χ3v) is 2.35. The number of benzene rings is 1. The highest BCUT2D eigenvalue weighted by Gasteiger charge is 2.16. The normalized spacial score (nSPS) is 14.8. The third kappa shape index (κ3) is 4.26. The van der Waals surface area contributed by atoms with Crippen LogP contribution in [0.3, 0.4) is 0 Å². The standard InChI is InChI=1S/C14H17ClO/c1-14(2,3)10-9-12(15)13(16)11-7-5-4-6-8-11/h4-8,12-13,16H,1-3H3. The molecule has 1 rings (SSSR count). The van der Waals surface area contributed by atoms with E-state index in [-0.39, 0.29) is 5.41 Å². The average molecular weight is 237 g/mol. The lowest BCUT2D eigenvalue weighted by Gasteiger charge is -2.13. The van der Waals surface area contributed by atoms with E-state index in [4.69, 9.17) is 11.6 Å². The number of halogens is 1. The minimum absolute atomic E-state index is 0.0937. The summed E-state index contributed by atoms with van der Waals surface area (Å²) in [4.78, 5) is 0. The molecule has 1 nitrogen and oxygen atoms in total. The van der Waals surface area contributed by atoms with Gasteiger partial charge in [0.1, 0.15) is 11.5 Å². The molecule has 0 amide bonds. The minimum Gasteiger partial charge on any atom is -0.386 e. The van der Waals surface area contributed by atoms with Crippen LogP contribution in [0, 0.1) is 17.3 Å². The Labute approximate surface area is 102 Å². The predicted octanol–water partition coefficient (Wildman–Crippen LogP) is 3.38. The smallest absolute Gasteiger partial charge is 0.124 e. The van der Waals surface area contributed by atoms with Gasteiger partial charge in [-0.1, -0.05) is 42.2 Å². The molecular formula is C14H17ClO. The van der Waals surface area contributed by atoms with Gasteiger partial charge in [0.25, 0.3) is 0 Å². The summed E-state index contributed by atoms with van der Waals surface area (Å²) in [5.74, 6) is 5.92. The van der Waals surface area contributed by atoms with Gasteiger partial charge in [0, 0.05) is 5.41 Å². The van der Waals surface area contributed by atoms with E-state index < -0.39 is 11.5 Å². The van der Waals surface area contributed by atoms with E-state index in [0.717, 1.165) is 5.56 Å². The van der Waals surface area contributed by atoms with Crippen LogP contribution >= 0.6 is 11.6 Å². The Kier molecular flexibility index (Phi) is 4.41. The number of hydrogen-bond donors (Lipinski definition) is 1. The number of hydrogen-bond acceptors (Lipinski definition) is 1. The quantitative estimate of drug-likeness (QED) is 0.617. The van der Waals surface area contributed by atoms with Crippen LogP contribution in [-0.2, 0) is 0 Å². The molecule has 0 heterocycles. The predicted molar refractivity (Wildman–Crippen MR) is 68.3 cm³/mol. The SMILES string of the molecule is CC(C)(C)C#CC(Cl)C(O)c1ccccc1. The zero-order valence-electron chi connectivity index (χ0n) is 9.87. The zero-order chi connectivity index (χ0) is 12.2. The molecule has 0 aliphatic heterocycles. The Bertz CT molecular complexity index is 381. The summed E-state index contributed by atoms with van der Waals surface area (Å²) in [6, 6.07) is 9.34. The Morgan fingerprint density at radius 1 is 1.19 bits per heavy atom. The molecule has 0 aromatic heterocycles. The third-order valence-electron chi connectivity index (χ3n) is 2.00. The van der Waals surface area contributed by atoms with Crippen LogP contribution in [0.5, 0.6) is 0 Å². The van der Waals surface area contributed by atoms with E-state index in [0.29, 0.717) is 0 Å². The van der Waals surface area contributed by atoms with Crippen LogP contribution in [0.25, 0.3) is 0 Å². The molecule has 1 aromatic rings. The van der Waals surface area contributed by atoms with Crippen LogP contribution in [0.15, 0.2) is 30.3 Å². The van der Waals surface area contributed by atoms with E-state index in [1.807, 2.05) is 51.1 Å². The van der Waals surface area contributed by atoms with Gasteiger partial charge in [0.15, 0.2) is 0 Å². The molecule has 0 fully saturated rings. The Hall–Kier alpha value is -0.970. The Morgan fingerprint density at radius 3 is 2.25 bits per heavy atom. The summed E-state index contributed by atoms with van der Waals surface area (Å²) < 4.78 is 0. The van der Waals surface area contributed by atoms with Gasteiger partial charge in [-0.3, -0.25) is 0 Å². The molecule has 2 unspecified atom stereocenters. The van der Waals surface area contributed by atoms with Crippen LogP contribution in [-0.4, -0.2) is 10.5 Å². The van der Waals surface area contributed by atoms with Crippen molar-refractivity contribution in [2.75, 3.05) is 0 Å². The molecule has 0 aliphatic carbocycles. The van der Waals surface area contributed by atoms with Crippen molar-refractivity contribution in [2.24, 2.45) is 5.41 Å². The summed E-state index contributed by atoms with van der Waals surface area (Å²) >= 11 is 6.05. The second kappa shape index (κ2) is 5.39. The van der Waals surface area contributed by atoms with Crippen molar-refractivity contribution in [2.45, 2.75) is 32.3 Å². The summed E-state index contributed by atoms with van der Waals surface area (Å²) in [6.07, 6.45) is -0.738. The summed E-state index contributed by atoms with van der Waals surface area (Å²) in [5.41, 5.74) is 0.703. The maximum absolute atomic E-state index is 9.95. The van der Waals surface area contributed by atoms with Crippen molar-refractivity contribution >= 4 is 11.6 Å². The van der Waals surface area contributed by atoms with Gasteiger partial charge < -0.3 is 5.11 Å². The Balaban J connectivity index is 2.75. The fourth-order valence-corrected chi connectivity index (χ4v) is 1.38. The molecular weight excluding hydrogens is 220 g/mol. The van der Waals surface area contributed by atoms with Crippen LogP contribution in [0.2, 0.25) is 0 Å². The summed E-state index contributed by atoms with van der Waals surface area (Å²) in [5, 5.41) is 9.38. The number of aliphatic hydroxyl groups is 1. The van der Waals surface area contributed by atoms with Gasteiger partial charge in [-0.2, -0.15) is 0 Å². The minimum atomic E-state index is -0.738. The molecule has 16 heavy (non-hydrogen) atoms. The van der Waals surface area contributed by atoms with Crippen molar-refractivity contribution < 1.29 is 5.11 Å². The maximum Gasteiger partial charge on any atom is 0.124 e. The second-order valence-electron chi connectivity index (χ2n) is 4.78. The number of aliphatic hydroxyl groups excluding tert-OH is 1. The van der Waals surface area contributed by atoms with Crippen molar-refractivity contribution in [3.8, 4) is 11.8 Å². The van der Waals surface area contributed by atoms with E-state index in [1.165, 1.54) is 0 Å². The maximum atomic E-state index is 9.95. The highest BCUT2D eigenvalue weighted by atomic mass is 35.5. The van der Waals surface area contributed by atoms with E-state index in [1.54, 1.807) is 0 Å². The lowest BCUT2D eigenvalue weighted by Crippen LogP contribution is -2.11. The highest BCUT2D eigenvalue weighted by Crippen LogP contribution is 2.21. The first-order valence-corrected chi connectivity index (χ1v) is 5.73. The molecule has 0 saturated heterocycles. The van der Waals surface area contributed by atoms with E-state index in [2.05, 4.69) is 11.8 Å². The van der Waals surface area contributed by atoms with Crippen LogP contribution in [0.4, 0.5) is 0 Å². The average Bonchev–Trinajstić information content (AvgIpc) is 2.25. The first-order valence-electron chi connectivity index (χ1n) is 5.30. The molecule has 0 saturated carbocycles. The number of alkyl halides is 1. The molecule has 0 aliphatic rings. The van der Waals surface area contributed by atoms with Crippen molar-refractivity contribution in [3.63, 3.8) is 0 Å². The highest BCUT2D eigenvalue weighted by molar-refractivity contribution is 6.22. The first-order chi connectivity index (χ1) is 7.40. The molecule has 2 atom stereocenters. The molecule has 1 aromatic carbocycles. The summed E-state index contributed by atoms with van der Waals surface area (Å²) in [6.45, 7) is 6.04. The van der Waals surface area contributed by atoms with Crippen LogP contribution < -0.4 is 0 Å². The monoisotopic (exact) mass is 236 g/mol. The molecule has 0 bridgehead atoms. The topological polar surface area (TPSA) is 20.2 Å². The van der Waals surface area contributed by atoms with E-state index in [9.17, 15) is 5.11 Å². The summed E-state index contributed by atoms with van der Waals surface area (Å²) in [7, 11) is 0. The van der Waals surface area contributed by atoms with Crippen LogP contribution in [0.1, 0.15) is 32.4 Å². The fourth-order valence-electron chi connectivity index (χ4n) is 1.18. The fraction of sp³-hybridized carbons (Fsp3) is 0.429. The van der Waals surface area contributed by atoms with Crippen molar-refractivity contribution in [1.82, 2.24) is 0 Å². The lowest BCUT2D eigenvalue weighted by atomic mass is 9.97. The lowest BCUT2D eigenvalue weighted by molar-refractivity contribution is 0.187. The largest absolute Gasteiger partial charge is 0.386 e.